The van der Waals surface area contributed by atoms with Crippen LogP contribution in [0.15, 0.2) is 54.6 Å². The van der Waals surface area contributed by atoms with E-state index in [1.54, 1.807) is 17.0 Å². The van der Waals surface area contributed by atoms with Gasteiger partial charge in [-0.15, -0.1) is 0 Å². The Morgan fingerprint density at radius 1 is 0.964 bits per heavy atom. The summed E-state index contributed by atoms with van der Waals surface area (Å²) in [6.45, 7) is 3.67. The summed E-state index contributed by atoms with van der Waals surface area (Å²) in [4.78, 5) is 26.5. The van der Waals surface area contributed by atoms with E-state index in [1.165, 1.54) is 0 Å². The van der Waals surface area contributed by atoms with Crippen molar-refractivity contribution in [1.82, 2.24) is 4.90 Å². The van der Waals surface area contributed by atoms with Gasteiger partial charge in [0.2, 0.25) is 5.91 Å². The molecule has 0 radical (unpaired) electrons. The number of ether oxygens (including phenoxy) is 2. The van der Waals surface area contributed by atoms with Crippen molar-refractivity contribution in [3.05, 3.63) is 54.6 Å². The van der Waals surface area contributed by atoms with Gasteiger partial charge in [-0.1, -0.05) is 18.2 Å². The Morgan fingerprint density at radius 3 is 2.18 bits per heavy atom. The van der Waals surface area contributed by atoms with Gasteiger partial charge in [-0.3, -0.25) is 9.59 Å². The monoisotopic (exact) mass is 382 g/mol. The normalized spacial score (nSPS) is 14.4. The van der Waals surface area contributed by atoms with Crippen molar-refractivity contribution in [2.24, 2.45) is 5.92 Å². The number of para-hydroxylation sites is 1. The lowest BCUT2D eigenvalue weighted by Crippen LogP contribution is -2.43. The van der Waals surface area contributed by atoms with E-state index in [0.717, 1.165) is 11.4 Å². The van der Waals surface area contributed by atoms with E-state index in [1.807, 2.05) is 49.4 Å². The lowest BCUT2D eigenvalue weighted by atomic mass is 9.95. The summed E-state index contributed by atoms with van der Waals surface area (Å²) in [5, 5.41) is 2.94. The largest absolute Gasteiger partial charge is 0.494 e. The van der Waals surface area contributed by atoms with Crippen LogP contribution in [0.4, 0.5) is 5.69 Å². The van der Waals surface area contributed by atoms with Crippen LogP contribution in [0.5, 0.6) is 11.5 Å². The zero-order valence-electron chi connectivity index (χ0n) is 16.1. The van der Waals surface area contributed by atoms with Gasteiger partial charge in [-0.25, -0.2) is 0 Å². The minimum absolute atomic E-state index is 0.00510. The maximum atomic E-state index is 12.4. The van der Waals surface area contributed by atoms with E-state index in [4.69, 9.17) is 9.47 Å². The highest BCUT2D eigenvalue weighted by Crippen LogP contribution is 2.21. The topological polar surface area (TPSA) is 67.9 Å². The molecule has 1 fully saturated rings. The number of benzene rings is 2. The lowest BCUT2D eigenvalue weighted by molar-refractivity contribution is -0.136. The maximum Gasteiger partial charge on any atom is 0.260 e. The number of carbonyl (C=O) groups is 2. The van der Waals surface area contributed by atoms with Crippen LogP contribution in [-0.2, 0) is 9.59 Å². The number of hydrogen-bond donors (Lipinski definition) is 1. The molecule has 0 aromatic heterocycles. The summed E-state index contributed by atoms with van der Waals surface area (Å²) in [6, 6.07) is 16.7. The summed E-state index contributed by atoms with van der Waals surface area (Å²) < 4.78 is 11.0. The van der Waals surface area contributed by atoms with Crippen LogP contribution < -0.4 is 14.8 Å². The number of anilines is 1. The average molecular weight is 382 g/mol. The van der Waals surface area contributed by atoms with Crippen LogP contribution in [-0.4, -0.2) is 43.0 Å². The van der Waals surface area contributed by atoms with Crippen LogP contribution in [0, 0.1) is 5.92 Å². The third kappa shape index (κ3) is 5.49. The Bertz CT molecular complexity index is 769. The molecule has 0 bridgehead atoms. The molecule has 0 aliphatic carbocycles. The predicted molar refractivity (Wildman–Crippen MR) is 107 cm³/mol. The van der Waals surface area contributed by atoms with Crippen LogP contribution in [0.1, 0.15) is 19.8 Å². The molecule has 1 N–H and O–H groups in total. The lowest BCUT2D eigenvalue weighted by Gasteiger charge is -2.31. The van der Waals surface area contributed by atoms with Crippen LogP contribution in [0.3, 0.4) is 0 Å². The number of nitrogens with zero attached hydrogens (tertiary/aromatic N) is 1. The smallest absolute Gasteiger partial charge is 0.260 e. The maximum absolute atomic E-state index is 12.4. The first-order chi connectivity index (χ1) is 13.7. The number of rotatable bonds is 7. The summed E-state index contributed by atoms with van der Waals surface area (Å²) in [6.07, 6.45) is 1.32. The molecule has 0 unspecified atom stereocenters. The second-order valence-electron chi connectivity index (χ2n) is 6.70. The average Bonchev–Trinajstić information content (AvgIpc) is 2.74. The molecule has 2 aromatic carbocycles. The zero-order valence-corrected chi connectivity index (χ0v) is 16.1. The molecule has 148 valence electrons. The highest BCUT2D eigenvalue weighted by molar-refractivity contribution is 5.92. The molecular formula is C22H26N2O4. The molecule has 1 aliphatic heterocycles. The fourth-order valence-electron chi connectivity index (χ4n) is 3.19. The Hall–Kier alpha value is -3.02. The van der Waals surface area contributed by atoms with Crippen molar-refractivity contribution in [3.63, 3.8) is 0 Å². The van der Waals surface area contributed by atoms with E-state index in [-0.39, 0.29) is 24.3 Å². The third-order valence-electron chi connectivity index (χ3n) is 4.76. The van der Waals surface area contributed by atoms with E-state index >= 15 is 0 Å². The van der Waals surface area contributed by atoms with Gasteiger partial charge < -0.3 is 19.7 Å². The number of likely N-dealkylation sites (tertiary alicyclic amines) is 1. The summed E-state index contributed by atoms with van der Waals surface area (Å²) in [5.41, 5.74) is 0.801. The molecule has 6 nitrogen and oxygen atoms in total. The first-order valence-corrected chi connectivity index (χ1v) is 9.65. The van der Waals surface area contributed by atoms with Crippen molar-refractivity contribution in [1.29, 1.82) is 0 Å². The first-order valence-electron chi connectivity index (χ1n) is 9.65. The van der Waals surface area contributed by atoms with Gasteiger partial charge in [0.15, 0.2) is 6.61 Å². The van der Waals surface area contributed by atoms with E-state index in [9.17, 15) is 9.59 Å². The zero-order chi connectivity index (χ0) is 19.8. The molecule has 3 rings (SSSR count). The van der Waals surface area contributed by atoms with Gasteiger partial charge in [0.1, 0.15) is 11.5 Å². The molecule has 0 saturated carbocycles. The van der Waals surface area contributed by atoms with Crippen LogP contribution in [0.2, 0.25) is 0 Å². The van der Waals surface area contributed by atoms with Gasteiger partial charge in [-0.05, 0) is 56.2 Å². The highest BCUT2D eigenvalue weighted by Gasteiger charge is 2.27. The minimum Gasteiger partial charge on any atom is -0.494 e. The van der Waals surface area contributed by atoms with Gasteiger partial charge in [0.05, 0.1) is 6.61 Å². The number of nitrogens with one attached hydrogen (secondary N) is 1. The number of piperidine rings is 1. The van der Waals surface area contributed by atoms with E-state index in [0.29, 0.717) is 38.3 Å². The van der Waals surface area contributed by atoms with Gasteiger partial charge in [-0.2, -0.15) is 0 Å². The van der Waals surface area contributed by atoms with E-state index < -0.39 is 0 Å². The van der Waals surface area contributed by atoms with Crippen molar-refractivity contribution in [2.45, 2.75) is 19.8 Å². The quantitative estimate of drug-likeness (QED) is 0.798. The number of amides is 2. The second-order valence-corrected chi connectivity index (χ2v) is 6.70. The summed E-state index contributed by atoms with van der Waals surface area (Å²) >= 11 is 0. The molecule has 0 spiro atoms. The van der Waals surface area contributed by atoms with Crippen molar-refractivity contribution < 1.29 is 19.1 Å². The Balaban J connectivity index is 1.41. The molecule has 2 amide bonds. The third-order valence-corrected chi connectivity index (χ3v) is 4.76. The molecular weight excluding hydrogens is 356 g/mol. The Kier molecular flexibility index (Phi) is 6.89. The SMILES string of the molecule is CCOc1ccc(OCC(=O)N2CCC(C(=O)Nc3ccccc3)CC2)cc1. The fraction of sp³-hybridized carbons (Fsp3) is 0.364. The fourth-order valence-corrected chi connectivity index (χ4v) is 3.19. The molecule has 0 atom stereocenters. The standard InChI is InChI=1S/C22H26N2O4/c1-2-27-19-8-10-20(11-9-19)28-16-21(25)24-14-12-17(13-15-24)22(26)23-18-6-4-3-5-7-18/h3-11,17H,2,12-16H2,1H3,(H,23,26). The minimum atomic E-state index is -0.0729. The number of carbonyl (C=O) groups excluding carboxylic acids is 2. The highest BCUT2D eigenvalue weighted by atomic mass is 16.5. The molecule has 1 aliphatic rings. The van der Waals surface area contributed by atoms with Crippen molar-refractivity contribution in [2.75, 3.05) is 31.6 Å². The molecule has 1 heterocycles. The van der Waals surface area contributed by atoms with Crippen molar-refractivity contribution >= 4 is 17.5 Å². The predicted octanol–water partition coefficient (Wildman–Crippen LogP) is 3.34. The molecule has 6 heteroatoms. The summed E-state index contributed by atoms with van der Waals surface area (Å²) in [7, 11) is 0. The second kappa shape index (κ2) is 9.78. The van der Waals surface area contributed by atoms with Crippen LogP contribution in [0.25, 0.3) is 0 Å². The molecule has 28 heavy (non-hydrogen) atoms. The summed E-state index contributed by atoms with van der Waals surface area (Å²) in [5.74, 6) is 1.29. The Morgan fingerprint density at radius 2 is 1.57 bits per heavy atom. The molecule has 2 aromatic rings. The van der Waals surface area contributed by atoms with Crippen LogP contribution >= 0.6 is 0 Å². The van der Waals surface area contributed by atoms with Gasteiger partial charge in [0.25, 0.3) is 5.91 Å². The van der Waals surface area contributed by atoms with E-state index in [2.05, 4.69) is 5.32 Å². The molecule has 1 saturated heterocycles. The van der Waals surface area contributed by atoms with Gasteiger partial charge >= 0.3 is 0 Å². The van der Waals surface area contributed by atoms with Gasteiger partial charge in [0, 0.05) is 24.7 Å². The van der Waals surface area contributed by atoms with Crippen molar-refractivity contribution in [3.8, 4) is 11.5 Å². The Labute approximate surface area is 165 Å². The first kappa shape index (κ1) is 19.7. The number of hydrogen-bond acceptors (Lipinski definition) is 4.